The summed E-state index contributed by atoms with van der Waals surface area (Å²) in [5.41, 5.74) is 1.44. The maximum Gasteiger partial charge on any atom is 0.325 e. The molecule has 1 fully saturated rings. The lowest BCUT2D eigenvalue weighted by atomic mass is 9.89. The van der Waals surface area contributed by atoms with E-state index in [1.165, 1.54) is 22.2 Å². The van der Waals surface area contributed by atoms with Crippen LogP contribution in [-0.4, -0.2) is 66.2 Å². The summed E-state index contributed by atoms with van der Waals surface area (Å²) in [4.78, 5) is 40.8. The Bertz CT molecular complexity index is 1020. The lowest BCUT2D eigenvalue weighted by Crippen LogP contribution is -2.52. The van der Waals surface area contributed by atoms with E-state index in [2.05, 4.69) is 31.0 Å². The number of fused-ring (bicyclic) bond motifs is 3. The highest BCUT2D eigenvalue weighted by molar-refractivity contribution is 7.19. The Morgan fingerprint density at radius 1 is 1.21 bits per heavy atom. The summed E-state index contributed by atoms with van der Waals surface area (Å²) in [6.07, 6.45) is 4.43. The number of amides is 2. The van der Waals surface area contributed by atoms with Crippen LogP contribution < -0.4 is 10.2 Å². The van der Waals surface area contributed by atoms with Gasteiger partial charge in [-0.25, -0.2) is 14.8 Å². The Kier molecular flexibility index (Phi) is 7.36. The Morgan fingerprint density at radius 2 is 1.97 bits per heavy atom. The second-order valence-electron chi connectivity index (χ2n) is 9.18. The molecular weight excluding hydrogens is 438 g/mol. The van der Waals surface area contributed by atoms with Crippen LogP contribution in [-0.2, 0) is 22.4 Å². The maximum atomic E-state index is 12.5. The monoisotopic (exact) mass is 473 g/mol. The minimum absolute atomic E-state index is 0.100. The molecule has 0 spiro atoms. The number of piperazine rings is 1. The van der Waals surface area contributed by atoms with E-state index in [1.807, 2.05) is 11.3 Å². The minimum Gasteiger partial charge on any atom is -0.465 e. The molecule has 2 unspecified atom stereocenters. The van der Waals surface area contributed by atoms with E-state index in [4.69, 9.17) is 14.7 Å². The molecule has 8 nitrogen and oxygen atoms in total. The number of aryl methyl sites for hydroxylation is 1. The van der Waals surface area contributed by atoms with Crippen molar-refractivity contribution < 1.29 is 14.3 Å². The van der Waals surface area contributed by atoms with Crippen molar-refractivity contribution in [1.29, 1.82) is 0 Å². The third-order valence-electron chi connectivity index (χ3n) is 6.76. The zero-order valence-electron chi connectivity index (χ0n) is 20.1. The van der Waals surface area contributed by atoms with Gasteiger partial charge in [0.1, 0.15) is 23.0 Å². The largest absolute Gasteiger partial charge is 0.465 e. The van der Waals surface area contributed by atoms with Gasteiger partial charge < -0.3 is 19.9 Å². The van der Waals surface area contributed by atoms with Crippen molar-refractivity contribution in [2.75, 3.05) is 44.2 Å². The lowest BCUT2D eigenvalue weighted by molar-refractivity contribution is -0.141. The molecule has 2 aromatic heterocycles. The van der Waals surface area contributed by atoms with Gasteiger partial charge >= 0.3 is 12.0 Å². The van der Waals surface area contributed by atoms with Gasteiger partial charge in [-0.2, -0.15) is 0 Å². The van der Waals surface area contributed by atoms with Gasteiger partial charge in [-0.15, -0.1) is 11.3 Å². The van der Waals surface area contributed by atoms with Gasteiger partial charge in [0.05, 0.1) is 12.0 Å². The number of rotatable bonds is 6. The number of esters is 1. The Balaban J connectivity index is 1.54. The standard InChI is InChI=1S/C24H35N5O3S/c1-5-16(4)21-26-22(20-17-8-7-15(3)13-18(17)33-23(20)27-21)28-9-11-29(12-10-28)24(31)25-14-19(30)32-6-2/h15-16H,5-14H2,1-4H3,(H,25,31). The summed E-state index contributed by atoms with van der Waals surface area (Å²) in [5, 5.41) is 3.89. The normalized spacial score (nSPS) is 19.3. The number of urea groups is 1. The van der Waals surface area contributed by atoms with Crippen LogP contribution in [0.1, 0.15) is 62.7 Å². The molecule has 0 aromatic carbocycles. The van der Waals surface area contributed by atoms with Crippen LogP contribution in [0.5, 0.6) is 0 Å². The van der Waals surface area contributed by atoms with E-state index in [-0.39, 0.29) is 12.6 Å². The van der Waals surface area contributed by atoms with E-state index in [9.17, 15) is 9.59 Å². The molecule has 2 aliphatic rings. The molecule has 3 heterocycles. The molecule has 4 rings (SSSR count). The quantitative estimate of drug-likeness (QED) is 0.644. The minimum atomic E-state index is -0.415. The van der Waals surface area contributed by atoms with E-state index in [0.29, 0.717) is 44.6 Å². The molecule has 0 saturated carbocycles. The van der Waals surface area contributed by atoms with Gasteiger partial charge in [-0.05, 0) is 44.1 Å². The number of thiophene rings is 1. The average molecular weight is 474 g/mol. The predicted molar refractivity (Wildman–Crippen MR) is 131 cm³/mol. The Labute approximate surface area is 199 Å². The number of aromatic nitrogens is 2. The van der Waals surface area contributed by atoms with Crippen LogP contribution in [0.3, 0.4) is 0 Å². The van der Waals surface area contributed by atoms with Crippen molar-refractivity contribution in [2.24, 2.45) is 5.92 Å². The molecule has 2 atom stereocenters. The van der Waals surface area contributed by atoms with E-state index < -0.39 is 5.97 Å². The van der Waals surface area contributed by atoms with Gasteiger partial charge in [0.2, 0.25) is 0 Å². The molecular formula is C24H35N5O3S. The second-order valence-corrected chi connectivity index (χ2v) is 10.3. The van der Waals surface area contributed by atoms with Crippen molar-refractivity contribution in [3.8, 4) is 0 Å². The van der Waals surface area contributed by atoms with Gasteiger partial charge in [0.25, 0.3) is 0 Å². The number of carbonyl (C=O) groups excluding carboxylic acids is 2. The third-order valence-corrected chi connectivity index (χ3v) is 7.91. The fourth-order valence-corrected chi connectivity index (χ4v) is 5.95. The van der Waals surface area contributed by atoms with Crippen molar-refractivity contribution in [1.82, 2.24) is 20.2 Å². The van der Waals surface area contributed by atoms with Crippen molar-refractivity contribution in [3.63, 3.8) is 0 Å². The number of anilines is 1. The smallest absolute Gasteiger partial charge is 0.325 e. The highest BCUT2D eigenvalue weighted by Gasteiger charge is 2.29. The van der Waals surface area contributed by atoms with Crippen molar-refractivity contribution in [3.05, 3.63) is 16.3 Å². The first-order chi connectivity index (χ1) is 15.9. The van der Waals surface area contributed by atoms with Crippen molar-refractivity contribution >= 4 is 39.4 Å². The summed E-state index contributed by atoms with van der Waals surface area (Å²) in [6, 6.07) is -0.224. The van der Waals surface area contributed by atoms with E-state index in [0.717, 1.165) is 35.7 Å². The summed E-state index contributed by atoms with van der Waals surface area (Å²) in [6.45, 7) is 11.2. The first-order valence-electron chi connectivity index (χ1n) is 12.2. The number of carbonyl (C=O) groups is 2. The predicted octanol–water partition coefficient (Wildman–Crippen LogP) is 3.72. The fraction of sp³-hybridized carbons (Fsp3) is 0.667. The third kappa shape index (κ3) is 5.08. The molecule has 0 radical (unpaired) electrons. The van der Waals surface area contributed by atoms with Gasteiger partial charge in [-0.3, -0.25) is 4.79 Å². The molecule has 1 aliphatic heterocycles. The topological polar surface area (TPSA) is 87.7 Å². The number of ether oxygens (including phenoxy) is 1. The summed E-state index contributed by atoms with van der Waals surface area (Å²) >= 11 is 1.85. The zero-order chi connectivity index (χ0) is 23.5. The van der Waals surface area contributed by atoms with Crippen LogP contribution in [0, 0.1) is 5.92 Å². The first kappa shape index (κ1) is 23.7. The molecule has 180 valence electrons. The Hall–Kier alpha value is -2.42. The molecule has 1 aliphatic carbocycles. The van der Waals surface area contributed by atoms with E-state index >= 15 is 0 Å². The molecule has 9 heteroatoms. The van der Waals surface area contributed by atoms with E-state index in [1.54, 1.807) is 11.8 Å². The number of hydrogen-bond donors (Lipinski definition) is 1. The summed E-state index contributed by atoms with van der Waals surface area (Å²) < 4.78 is 4.89. The molecule has 2 aromatic rings. The molecule has 1 saturated heterocycles. The lowest BCUT2D eigenvalue weighted by Gasteiger charge is -2.36. The van der Waals surface area contributed by atoms with Crippen molar-refractivity contribution in [2.45, 2.75) is 59.3 Å². The molecule has 0 bridgehead atoms. The molecule has 1 N–H and O–H groups in total. The average Bonchev–Trinajstić information content (AvgIpc) is 3.19. The highest BCUT2D eigenvalue weighted by Crippen LogP contribution is 2.41. The van der Waals surface area contributed by atoms with Gasteiger partial charge in [-0.1, -0.05) is 20.8 Å². The van der Waals surface area contributed by atoms with Crippen LogP contribution in [0.2, 0.25) is 0 Å². The number of nitrogens with zero attached hydrogens (tertiary/aromatic N) is 4. The summed E-state index contributed by atoms with van der Waals surface area (Å²) in [7, 11) is 0. The van der Waals surface area contributed by atoms with Crippen LogP contribution in [0.25, 0.3) is 10.2 Å². The van der Waals surface area contributed by atoms with Gasteiger partial charge in [0.15, 0.2) is 0 Å². The SMILES string of the molecule is CCOC(=O)CNC(=O)N1CCN(c2nc(C(C)CC)nc3sc4c(c23)CCC(C)C4)CC1. The molecule has 33 heavy (non-hydrogen) atoms. The van der Waals surface area contributed by atoms with Crippen LogP contribution >= 0.6 is 11.3 Å². The zero-order valence-corrected chi connectivity index (χ0v) is 21.0. The fourth-order valence-electron chi connectivity index (χ4n) is 4.56. The van der Waals surface area contributed by atoms with Gasteiger partial charge in [0, 0.05) is 37.0 Å². The second kappa shape index (κ2) is 10.2. The summed E-state index contributed by atoms with van der Waals surface area (Å²) in [5.74, 6) is 2.56. The first-order valence-corrected chi connectivity index (χ1v) is 13.0. The highest BCUT2D eigenvalue weighted by atomic mass is 32.1. The molecule has 2 amide bonds. The number of hydrogen-bond acceptors (Lipinski definition) is 7. The maximum absolute atomic E-state index is 12.5. The number of nitrogens with one attached hydrogen (secondary N) is 1. The van der Waals surface area contributed by atoms with Crippen LogP contribution in [0.15, 0.2) is 0 Å². The Morgan fingerprint density at radius 3 is 2.67 bits per heavy atom. The van der Waals surface area contributed by atoms with Crippen LogP contribution in [0.4, 0.5) is 10.6 Å².